The quantitative estimate of drug-likeness (QED) is 0.556. The van der Waals surface area contributed by atoms with E-state index in [2.05, 4.69) is 0 Å². The van der Waals surface area contributed by atoms with E-state index in [0.29, 0.717) is 12.8 Å². The fourth-order valence-electron chi connectivity index (χ4n) is 2.47. The first-order valence-electron chi connectivity index (χ1n) is 5.42. The number of carbonyl (C=O) groups is 1. The molecule has 0 atom stereocenters. The average molecular weight is 249 g/mol. The van der Waals surface area contributed by atoms with Crippen LogP contribution in [0.25, 0.3) is 0 Å². The highest BCUT2D eigenvalue weighted by atomic mass is 35.5. The Labute approximate surface area is 101 Å². The van der Waals surface area contributed by atoms with E-state index in [0.717, 1.165) is 5.06 Å². The van der Waals surface area contributed by atoms with Crippen LogP contribution in [0.5, 0.6) is 0 Å². The Balaban J connectivity index is 2.75. The Bertz CT molecular complexity index is 260. The molecule has 16 heavy (non-hydrogen) atoms. The zero-order chi connectivity index (χ0) is 12.6. The molecule has 0 amide bonds. The third-order valence-electron chi connectivity index (χ3n) is 2.96. The van der Waals surface area contributed by atoms with Crippen molar-refractivity contribution in [2.24, 2.45) is 0 Å². The number of nitrogens with zero attached hydrogens (tertiary/aromatic N) is 1. The first kappa shape index (κ1) is 13.7. The number of halogens is 1. The van der Waals surface area contributed by atoms with Gasteiger partial charge in [0, 0.05) is 23.9 Å². The van der Waals surface area contributed by atoms with E-state index in [1.807, 2.05) is 27.7 Å². The van der Waals surface area contributed by atoms with E-state index in [9.17, 15) is 10.0 Å². The monoisotopic (exact) mass is 248 g/mol. The minimum absolute atomic E-state index is 0.140. The maximum Gasteiger partial charge on any atom is 0.321 e. The molecule has 0 spiro atoms. The summed E-state index contributed by atoms with van der Waals surface area (Å²) < 4.78 is 5.22. The minimum Gasteiger partial charge on any atom is -0.784 e. The van der Waals surface area contributed by atoms with Crippen molar-refractivity contribution >= 4 is 17.6 Å². The van der Waals surface area contributed by atoms with E-state index in [4.69, 9.17) is 16.3 Å². The van der Waals surface area contributed by atoms with Crippen molar-refractivity contribution in [1.82, 2.24) is 5.06 Å². The molecule has 0 aromatic rings. The highest BCUT2D eigenvalue weighted by Crippen LogP contribution is 2.38. The maximum absolute atomic E-state index is 12.0. The van der Waals surface area contributed by atoms with Crippen LogP contribution in [0.4, 0.5) is 0 Å². The lowest BCUT2D eigenvalue weighted by molar-refractivity contribution is -0.154. The number of alkyl halides is 1. The molecule has 0 unspecified atom stereocenters. The Morgan fingerprint density at radius 2 is 1.81 bits per heavy atom. The number of piperidine rings is 1. The third kappa shape index (κ3) is 2.87. The number of hydrogen-bond acceptors (Lipinski definition) is 4. The molecule has 4 nitrogen and oxygen atoms in total. The summed E-state index contributed by atoms with van der Waals surface area (Å²) >= 11 is 5.40. The third-order valence-corrected chi connectivity index (χ3v) is 3.18. The normalized spacial score (nSPS) is 25.4. The lowest BCUT2D eigenvalue weighted by atomic mass is 9.80. The smallest absolute Gasteiger partial charge is 0.321 e. The Morgan fingerprint density at radius 1 is 1.38 bits per heavy atom. The Hall–Kier alpha value is -0.320. The number of rotatable bonds is 2. The summed E-state index contributed by atoms with van der Waals surface area (Å²) in [5.74, 6) is -0.559. The van der Waals surface area contributed by atoms with Crippen molar-refractivity contribution in [2.45, 2.75) is 57.7 Å². The lowest BCUT2D eigenvalue weighted by Crippen LogP contribution is -2.59. The van der Waals surface area contributed by atoms with E-state index in [1.165, 1.54) is 0 Å². The first-order valence-corrected chi connectivity index (χ1v) is 5.95. The van der Waals surface area contributed by atoms with Crippen LogP contribution >= 0.6 is 11.6 Å². The summed E-state index contributed by atoms with van der Waals surface area (Å²) in [5.41, 5.74) is -1.03. The van der Waals surface area contributed by atoms with Gasteiger partial charge in [-0.15, -0.1) is 11.6 Å². The van der Waals surface area contributed by atoms with E-state index in [-0.39, 0.29) is 12.0 Å². The molecule has 0 radical (unpaired) electrons. The predicted octanol–water partition coefficient (Wildman–Crippen LogP) is 2.29. The van der Waals surface area contributed by atoms with Crippen LogP contribution in [0, 0.1) is 5.21 Å². The summed E-state index contributed by atoms with van der Waals surface area (Å²) in [7, 11) is 0. The van der Waals surface area contributed by atoms with Crippen LogP contribution in [0.3, 0.4) is 0 Å². The van der Waals surface area contributed by atoms with Gasteiger partial charge in [-0.3, -0.25) is 4.79 Å². The number of esters is 1. The van der Waals surface area contributed by atoms with Gasteiger partial charge in [-0.25, -0.2) is 0 Å². The molecule has 1 aliphatic heterocycles. The zero-order valence-electron chi connectivity index (χ0n) is 10.2. The molecular formula is C11H19ClNO3-. The molecule has 0 aliphatic carbocycles. The molecule has 0 aromatic heterocycles. The van der Waals surface area contributed by atoms with Crippen LogP contribution in [0.2, 0.25) is 0 Å². The number of hydroxylamine groups is 2. The molecule has 0 N–H and O–H groups in total. The highest BCUT2D eigenvalue weighted by molar-refractivity contribution is 6.26. The van der Waals surface area contributed by atoms with Crippen molar-refractivity contribution in [3.05, 3.63) is 5.21 Å². The van der Waals surface area contributed by atoms with Gasteiger partial charge in [0.2, 0.25) is 0 Å². The SMILES string of the molecule is CC1(C)CC(OC(=O)CCl)CC(C)(C)N1[O-]. The van der Waals surface area contributed by atoms with Gasteiger partial charge in [0.05, 0.1) is 0 Å². The molecule has 5 heteroatoms. The summed E-state index contributed by atoms with van der Waals surface area (Å²) in [4.78, 5) is 11.1. The number of hydrogen-bond donors (Lipinski definition) is 0. The van der Waals surface area contributed by atoms with Crippen molar-refractivity contribution in [1.29, 1.82) is 0 Å². The number of ether oxygens (including phenoxy) is 1. The van der Waals surface area contributed by atoms with Gasteiger partial charge >= 0.3 is 5.97 Å². The van der Waals surface area contributed by atoms with Gasteiger partial charge in [-0.2, -0.15) is 0 Å². The molecular weight excluding hydrogens is 230 g/mol. The van der Waals surface area contributed by atoms with Crippen LogP contribution in [-0.2, 0) is 9.53 Å². The summed E-state index contributed by atoms with van der Waals surface area (Å²) in [6.07, 6.45) is 0.868. The van der Waals surface area contributed by atoms with Gasteiger partial charge in [0.25, 0.3) is 0 Å². The van der Waals surface area contributed by atoms with Gasteiger partial charge < -0.3 is 15.0 Å². The van der Waals surface area contributed by atoms with E-state index in [1.54, 1.807) is 0 Å². The molecule has 0 bridgehead atoms. The van der Waals surface area contributed by atoms with E-state index < -0.39 is 17.0 Å². The standard InChI is InChI=1S/C11H19ClNO3/c1-10(2)5-8(16-9(14)7-12)6-11(3,4)13(10)15/h8H,5-7H2,1-4H3/q-1. The molecule has 1 heterocycles. The Morgan fingerprint density at radius 3 is 2.19 bits per heavy atom. The first-order chi connectivity index (χ1) is 7.19. The molecule has 0 saturated carbocycles. The fourth-order valence-corrected chi connectivity index (χ4v) is 2.54. The van der Waals surface area contributed by atoms with E-state index >= 15 is 0 Å². The van der Waals surface area contributed by atoms with Crippen molar-refractivity contribution in [2.75, 3.05) is 5.88 Å². The second-order valence-corrected chi connectivity index (χ2v) is 5.84. The maximum atomic E-state index is 12.0. The molecule has 1 aliphatic rings. The molecule has 1 saturated heterocycles. The fraction of sp³-hybridized carbons (Fsp3) is 0.909. The largest absolute Gasteiger partial charge is 0.784 e. The lowest BCUT2D eigenvalue weighted by Gasteiger charge is -2.59. The molecule has 94 valence electrons. The van der Waals surface area contributed by atoms with Crippen LogP contribution < -0.4 is 0 Å². The molecule has 1 fully saturated rings. The van der Waals surface area contributed by atoms with Crippen molar-refractivity contribution in [3.8, 4) is 0 Å². The van der Waals surface area contributed by atoms with Crippen LogP contribution in [0.15, 0.2) is 0 Å². The summed E-state index contributed by atoms with van der Waals surface area (Å²) in [6, 6.07) is 0. The minimum atomic E-state index is -0.515. The number of carbonyl (C=O) groups excluding carboxylic acids is 1. The average Bonchev–Trinajstić information content (AvgIpc) is 2.13. The van der Waals surface area contributed by atoms with Gasteiger partial charge in [0.1, 0.15) is 12.0 Å². The van der Waals surface area contributed by atoms with Gasteiger partial charge in [-0.05, 0) is 27.7 Å². The predicted molar refractivity (Wildman–Crippen MR) is 63.2 cm³/mol. The summed E-state index contributed by atoms with van der Waals surface area (Å²) in [6.45, 7) is 7.45. The second kappa shape index (κ2) is 4.51. The van der Waals surface area contributed by atoms with Gasteiger partial charge in [-0.1, -0.05) is 0 Å². The van der Waals surface area contributed by atoms with Crippen molar-refractivity contribution < 1.29 is 9.53 Å². The summed E-state index contributed by atoms with van der Waals surface area (Å²) in [5, 5.41) is 13.1. The highest BCUT2D eigenvalue weighted by Gasteiger charge is 2.41. The van der Waals surface area contributed by atoms with Crippen molar-refractivity contribution in [3.63, 3.8) is 0 Å². The van der Waals surface area contributed by atoms with Crippen LogP contribution in [0.1, 0.15) is 40.5 Å². The van der Waals surface area contributed by atoms with Crippen LogP contribution in [-0.4, -0.2) is 34.1 Å². The Kier molecular flexibility index (Phi) is 3.87. The molecule has 1 rings (SSSR count). The van der Waals surface area contributed by atoms with Gasteiger partial charge in [0.15, 0.2) is 0 Å². The molecule has 0 aromatic carbocycles. The zero-order valence-corrected chi connectivity index (χ0v) is 11.0. The second-order valence-electron chi connectivity index (χ2n) is 5.57. The topological polar surface area (TPSA) is 52.6 Å².